The highest BCUT2D eigenvalue weighted by molar-refractivity contribution is 7.86. The number of aliphatic hydroxyl groups is 1. The summed E-state index contributed by atoms with van der Waals surface area (Å²) in [5.74, 6) is -4.13. The van der Waals surface area contributed by atoms with E-state index in [1.165, 1.54) is 0 Å². The first-order valence-electron chi connectivity index (χ1n) is 10.5. The standard InChI is InChI=1S/C19H26F2O11S/c1-4-18(25,5-2)12-11-13-15(32-17(11)24)16(14(12)31-13)30-10(23)7-6-9(22)29-8(3)19(20,21)33(26,27)28/h8,11-16,25H,4-7H2,1-3H3,(H,26,27,28). The lowest BCUT2D eigenvalue weighted by molar-refractivity contribution is -0.167. The molecule has 7 unspecified atom stereocenters. The van der Waals surface area contributed by atoms with Crippen molar-refractivity contribution in [3.8, 4) is 0 Å². The van der Waals surface area contributed by atoms with Gasteiger partial charge in [-0.1, -0.05) is 13.8 Å². The van der Waals surface area contributed by atoms with Gasteiger partial charge in [-0.2, -0.15) is 17.2 Å². The van der Waals surface area contributed by atoms with Gasteiger partial charge >= 0.3 is 33.3 Å². The summed E-state index contributed by atoms with van der Waals surface area (Å²) < 4.78 is 77.7. The first-order chi connectivity index (χ1) is 15.2. The molecule has 7 atom stereocenters. The van der Waals surface area contributed by atoms with Crippen LogP contribution in [0.5, 0.6) is 0 Å². The van der Waals surface area contributed by atoms with Crippen molar-refractivity contribution in [2.75, 3.05) is 0 Å². The Bertz CT molecular complexity index is 917. The highest BCUT2D eigenvalue weighted by Gasteiger charge is 2.72. The summed E-state index contributed by atoms with van der Waals surface area (Å²) in [4.78, 5) is 36.4. The lowest BCUT2D eigenvalue weighted by atomic mass is 9.67. The van der Waals surface area contributed by atoms with Crippen LogP contribution in [-0.4, -0.2) is 77.4 Å². The predicted octanol–water partition coefficient (Wildman–Crippen LogP) is 0.581. The summed E-state index contributed by atoms with van der Waals surface area (Å²) in [6.07, 6.45) is -6.50. The molecule has 3 aliphatic rings. The van der Waals surface area contributed by atoms with Crippen LogP contribution >= 0.6 is 0 Å². The number of carbonyl (C=O) groups excluding carboxylic acids is 3. The van der Waals surface area contributed by atoms with Crippen molar-refractivity contribution in [3.63, 3.8) is 0 Å². The van der Waals surface area contributed by atoms with Gasteiger partial charge in [0.15, 0.2) is 18.3 Å². The van der Waals surface area contributed by atoms with E-state index in [-0.39, 0.29) is 0 Å². The molecular formula is C19H26F2O11S. The van der Waals surface area contributed by atoms with Crippen LogP contribution in [0.3, 0.4) is 0 Å². The molecule has 2 bridgehead atoms. The first-order valence-corrected chi connectivity index (χ1v) is 11.9. The Morgan fingerprint density at radius 2 is 1.70 bits per heavy atom. The minimum atomic E-state index is -5.81. The van der Waals surface area contributed by atoms with E-state index in [9.17, 15) is 36.7 Å². The monoisotopic (exact) mass is 500 g/mol. The molecule has 3 rings (SSSR count). The van der Waals surface area contributed by atoms with Gasteiger partial charge in [0.1, 0.15) is 12.2 Å². The van der Waals surface area contributed by atoms with E-state index in [1.807, 2.05) is 0 Å². The maximum atomic E-state index is 13.5. The van der Waals surface area contributed by atoms with Crippen LogP contribution in [0.1, 0.15) is 46.5 Å². The van der Waals surface area contributed by atoms with Crippen molar-refractivity contribution in [1.29, 1.82) is 0 Å². The molecule has 3 fully saturated rings. The minimum absolute atomic E-state index is 0.327. The fourth-order valence-corrected chi connectivity index (χ4v) is 5.24. The van der Waals surface area contributed by atoms with Crippen molar-refractivity contribution >= 4 is 28.0 Å². The number of halogens is 2. The summed E-state index contributed by atoms with van der Waals surface area (Å²) in [6, 6.07) is 0. The predicted molar refractivity (Wildman–Crippen MR) is 102 cm³/mol. The zero-order valence-electron chi connectivity index (χ0n) is 18.1. The number of fused-ring (bicyclic) bond motifs is 1. The summed E-state index contributed by atoms with van der Waals surface area (Å²) in [6.45, 7) is 4.09. The number of carbonyl (C=O) groups is 3. The number of alkyl halides is 2. The van der Waals surface area contributed by atoms with Crippen molar-refractivity contribution in [3.05, 3.63) is 0 Å². The molecule has 188 valence electrons. The number of rotatable bonds is 10. The Kier molecular flexibility index (Phi) is 6.79. The Morgan fingerprint density at radius 3 is 2.24 bits per heavy atom. The number of hydrogen-bond acceptors (Lipinski definition) is 10. The van der Waals surface area contributed by atoms with Crippen molar-refractivity contribution in [1.82, 2.24) is 0 Å². The van der Waals surface area contributed by atoms with Crippen LogP contribution < -0.4 is 0 Å². The van der Waals surface area contributed by atoms with Gasteiger partial charge in [-0.25, -0.2) is 0 Å². The fourth-order valence-electron chi connectivity index (χ4n) is 4.77. The molecule has 33 heavy (non-hydrogen) atoms. The third kappa shape index (κ3) is 4.33. The third-order valence-electron chi connectivity index (χ3n) is 6.68. The molecule has 0 radical (unpaired) electrons. The summed E-state index contributed by atoms with van der Waals surface area (Å²) in [5.41, 5.74) is -1.25. The number of hydrogen-bond donors (Lipinski definition) is 2. The maximum Gasteiger partial charge on any atom is 0.405 e. The van der Waals surface area contributed by atoms with Crippen LogP contribution in [0.4, 0.5) is 8.78 Å². The van der Waals surface area contributed by atoms with E-state index in [1.54, 1.807) is 13.8 Å². The Hall–Kier alpha value is -1.90. The zero-order valence-corrected chi connectivity index (χ0v) is 18.9. The molecule has 3 saturated heterocycles. The molecule has 0 spiro atoms. The topological polar surface area (TPSA) is 163 Å². The van der Waals surface area contributed by atoms with Crippen LogP contribution in [0, 0.1) is 11.8 Å². The molecule has 3 heterocycles. The molecule has 2 N–H and O–H groups in total. The first kappa shape index (κ1) is 25.7. The fraction of sp³-hybridized carbons (Fsp3) is 0.842. The van der Waals surface area contributed by atoms with E-state index in [0.717, 1.165) is 0 Å². The van der Waals surface area contributed by atoms with Gasteiger partial charge in [0.2, 0.25) is 0 Å². The van der Waals surface area contributed by atoms with E-state index >= 15 is 0 Å². The lowest BCUT2D eigenvalue weighted by Crippen LogP contribution is -2.53. The minimum Gasteiger partial charge on any atom is -0.455 e. The SMILES string of the molecule is CCC(O)(CC)C1C2OC3C(OC(=O)C31)C2OC(=O)CCC(=O)OC(C)C(F)(F)S(=O)(=O)O. The van der Waals surface area contributed by atoms with Gasteiger partial charge in [0, 0.05) is 5.92 Å². The average molecular weight is 500 g/mol. The van der Waals surface area contributed by atoms with Crippen molar-refractivity contribution in [2.45, 2.75) is 87.8 Å². The Morgan fingerprint density at radius 1 is 1.12 bits per heavy atom. The van der Waals surface area contributed by atoms with Crippen molar-refractivity contribution in [2.24, 2.45) is 11.8 Å². The van der Waals surface area contributed by atoms with Gasteiger partial charge in [0.25, 0.3) is 0 Å². The van der Waals surface area contributed by atoms with Gasteiger partial charge in [-0.15, -0.1) is 0 Å². The molecule has 0 aliphatic carbocycles. The quantitative estimate of drug-likeness (QED) is 0.245. The molecule has 0 amide bonds. The molecule has 3 aliphatic heterocycles. The van der Waals surface area contributed by atoms with Crippen molar-refractivity contribution < 1.29 is 60.2 Å². The number of ether oxygens (including phenoxy) is 4. The van der Waals surface area contributed by atoms with Gasteiger partial charge < -0.3 is 24.1 Å². The molecule has 11 nitrogen and oxygen atoms in total. The highest BCUT2D eigenvalue weighted by atomic mass is 32.2. The second-order valence-electron chi connectivity index (χ2n) is 8.45. The van der Waals surface area contributed by atoms with Gasteiger partial charge in [-0.05, 0) is 19.8 Å². The third-order valence-corrected chi connectivity index (χ3v) is 7.70. The second-order valence-corrected chi connectivity index (χ2v) is 9.95. The largest absolute Gasteiger partial charge is 0.455 e. The van der Waals surface area contributed by atoms with Gasteiger partial charge in [-0.3, -0.25) is 18.9 Å². The summed E-state index contributed by atoms with van der Waals surface area (Å²) in [5, 5.41) is 6.29. The smallest absolute Gasteiger partial charge is 0.405 e. The normalized spacial score (nSPS) is 31.9. The van der Waals surface area contributed by atoms with Crippen LogP contribution in [-0.2, 0) is 43.4 Å². The Labute approximate surface area is 188 Å². The molecule has 0 aromatic heterocycles. The van der Waals surface area contributed by atoms with E-state index < -0.39 is 94.1 Å². The Balaban J connectivity index is 1.60. The molecule has 0 saturated carbocycles. The highest BCUT2D eigenvalue weighted by Crippen LogP contribution is 2.55. The van der Waals surface area contributed by atoms with Gasteiger partial charge in [0.05, 0.1) is 24.4 Å². The van der Waals surface area contributed by atoms with Crippen LogP contribution in [0.15, 0.2) is 0 Å². The van der Waals surface area contributed by atoms with E-state index in [2.05, 4.69) is 4.74 Å². The second kappa shape index (κ2) is 8.71. The summed E-state index contributed by atoms with van der Waals surface area (Å²) in [7, 11) is -5.81. The lowest BCUT2D eigenvalue weighted by Gasteiger charge is -2.39. The summed E-state index contributed by atoms with van der Waals surface area (Å²) >= 11 is 0. The average Bonchev–Trinajstić information content (AvgIpc) is 3.34. The molecule has 0 aromatic carbocycles. The molecule has 0 aromatic rings. The molecule has 14 heteroatoms. The maximum absolute atomic E-state index is 13.5. The van der Waals surface area contributed by atoms with E-state index in [0.29, 0.717) is 19.8 Å². The zero-order chi connectivity index (χ0) is 24.9. The van der Waals surface area contributed by atoms with E-state index in [4.69, 9.17) is 18.8 Å². The number of esters is 3. The van der Waals surface area contributed by atoms with Crippen LogP contribution in [0.2, 0.25) is 0 Å². The van der Waals surface area contributed by atoms with Crippen LogP contribution in [0.25, 0.3) is 0 Å². The molecular weight excluding hydrogens is 474 g/mol.